The Morgan fingerprint density at radius 3 is 2.56 bits per heavy atom. The minimum Gasteiger partial charge on any atom is -0.303 e. The van der Waals surface area contributed by atoms with Gasteiger partial charge in [-0.05, 0) is 65.0 Å². The summed E-state index contributed by atoms with van der Waals surface area (Å²) in [5.74, 6) is 0. The minimum absolute atomic E-state index is 0.104. The highest BCUT2D eigenvalue weighted by Crippen LogP contribution is 2.38. The van der Waals surface area contributed by atoms with Gasteiger partial charge in [0.05, 0.1) is 6.61 Å². The number of benzene rings is 2. The van der Waals surface area contributed by atoms with Gasteiger partial charge in [0, 0.05) is 0 Å². The maximum Gasteiger partial charge on any atom is 0.469 e. The highest BCUT2D eigenvalue weighted by Gasteiger charge is 2.27. The summed E-state index contributed by atoms with van der Waals surface area (Å²) in [7, 11) is -4.44. The van der Waals surface area contributed by atoms with Crippen molar-refractivity contribution in [1.82, 2.24) is 0 Å². The van der Waals surface area contributed by atoms with Gasteiger partial charge in [-0.25, -0.2) is 4.57 Å². The first-order valence-electron chi connectivity index (χ1n) is 9.25. The maximum absolute atomic E-state index is 10.8. The van der Waals surface area contributed by atoms with Gasteiger partial charge < -0.3 is 9.79 Å². The number of aryl methyl sites for hydroxylation is 1. The molecule has 0 unspecified atom stereocenters. The molecular weight excluding hydrogens is 359 g/mol. The van der Waals surface area contributed by atoms with Crippen molar-refractivity contribution in [3.05, 3.63) is 70.3 Å². The third kappa shape index (κ3) is 5.18. The SMILES string of the molecule is CC(=Cc1ccc(COP(=O)(O)O)cc1)c1ccc2c(c1)C(C)(C)CCC2. The number of phosphoric ester groups is 1. The third-order valence-electron chi connectivity index (χ3n) is 5.30. The fourth-order valence-corrected chi connectivity index (χ4v) is 4.04. The van der Waals surface area contributed by atoms with E-state index in [9.17, 15) is 4.57 Å². The normalized spacial score (nSPS) is 16.9. The average molecular weight is 386 g/mol. The third-order valence-corrected chi connectivity index (χ3v) is 5.77. The van der Waals surface area contributed by atoms with Crippen molar-refractivity contribution in [1.29, 1.82) is 0 Å². The van der Waals surface area contributed by atoms with Crippen molar-refractivity contribution in [2.75, 3.05) is 0 Å². The van der Waals surface area contributed by atoms with Crippen molar-refractivity contribution in [3.63, 3.8) is 0 Å². The van der Waals surface area contributed by atoms with Crippen LogP contribution in [0.25, 0.3) is 11.6 Å². The second-order valence-corrected chi connectivity index (χ2v) is 9.18. The Balaban J connectivity index is 1.79. The van der Waals surface area contributed by atoms with Gasteiger partial charge in [0.1, 0.15) is 0 Å². The van der Waals surface area contributed by atoms with E-state index in [1.165, 1.54) is 41.5 Å². The molecular formula is C22H27O4P. The van der Waals surface area contributed by atoms with E-state index in [1.807, 2.05) is 24.3 Å². The minimum atomic E-state index is -4.44. The summed E-state index contributed by atoms with van der Waals surface area (Å²) in [5, 5.41) is 0. The summed E-state index contributed by atoms with van der Waals surface area (Å²) in [5.41, 5.74) is 7.36. The molecule has 144 valence electrons. The van der Waals surface area contributed by atoms with Crippen LogP contribution in [0.1, 0.15) is 61.4 Å². The molecule has 0 spiro atoms. The molecule has 0 aromatic heterocycles. The zero-order valence-corrected chi connectivity index (χ0v) is 17.0. The first kappa shape index (κ1) is 20.0. The lowest BCUT2D eigenvalue weighted by molar-refractivity contribution is 0.189. The molecule has 0 aliphatic heterocycles. The van der Waals surface area contributed by atoms with Gasteiger partial charge in [-0.15, -0.1) is 0 Å². The van der Waals surface area contributed by atoms with Crippen LogP contribution in [0.5, 0.6) is 0 Å². The van der Waals surface area contributed by atoms with Crippen LogP contribution in [0, 0.1) is 0 Å². The molecule has 0 saturated heterocycles. The number of hydrogen-bond acceptors (Lipinski definition) is 2. The van der Waals surface area contributed by atoms with Gasteiger partial charge in [-0.3, -0.25) is 4.52 Å². The van der Waals surface area contributed by atoms with Crippen LogP contribution < -0.4 is 0 Å². The fraction of sp³-hybridized carbons (Fsp3) is 0.364. The van der Waals surface area contributed by atoms with E-state index < -0.39 is 7.82 Å². The lowest BCUT2D eigenvalue weighted by Gasteiger charge is -2.33. The van der Waals surface area contributed by atoms with Crippen molar-refractivity contribution in [2.24, 2.45) is 0 Å². The zero-order valence-electron chi connectivity index (χ0n) is 16.1. The molecule has 1 aliphatic carbocycles. The highest BCUT2D eigenvalue weighted by atomic mass is 31.2. The number of phosphoric acid groups is 1. The van der Waals surface area contributed by atoms with Crippen molar-refractivity contribution < 1.29 is 18.9 Å². The fourth-order valence-electron chi connectivity index (χ4n) is 3.73. The molecule has 0 radical (unpaired) electrons. The van der Waals surface area contributed by atoms with Crippen LogP contribution in [-0.2, 0) is 27.5 Å². The molecule has 3 rings (SSSR count). The highest BCUT2D eigenvalue weighted by molar-refractivity contribution is 7.46. The standard InChI is InChI=1S/C22H27O4P/c1-16(13-17-6-8-18(9-7-17)15-26-27(23,24)25)20-11-10-19-5-4-12-22(2,3)21(19)14-20/h6-11,13-14H,4-5,12,15H2,1-3H3,(H2,23,24,25). The number of allylic oxidation sites excluding steroid dienone is 1. The van der Waals surface area contributed by atoms with Gasteiger partial charge in [-0.2, -0.15) is 0 Å². The monoisotopic (exact) mass is 386 g/mol. The van der Waals surface area contributed by atoms with E-state index in [-0.39, 0.29) is 12.0 Å². The Labute approximate surface area is 161 Å². The molecule has 0 bridgehead atoms. The van der Waals surface area contributed by atoms with E-state index in [2.05, 4.69) is 49.6 Å². The molecule has 0 saturated carbocycles. The maximum atomic E-state index is 10.8. The zero-order chi connectivity index (χ0) is 19.7. The number of hydrogen-bond donors (Lipinski definition) is 2. The lowest BCUT2D eigenvalue weighted by Crippen LogP contribution is -2.23. The second kappa shape index (κ2) is 7.73. The molecule has 0 atom stereocenters. The van der Waals surface area contributed by atoms with Gasteiger partial charge in [0.25, 0.3) is 0 Å². The largest absolute Gasteiger partial charge is 0.469 e. The molecule has 2 aromatic carbocycles. The van der Waals surface area contributed by atoms with Gasteiger partial charge >= 0.3 is 7.82 Å². The van der Waals surface area contributed by atoms with Crippen molar-refractivity contribution in [3.8, 4) is 0 Å². The van der Waals surface area contributed by atoms with Crippen LogP contribution >= 0.6 is 7.82 Å². The van der Waals surface area contributed by atoms with E-state index >= 15 is 0 Å². The van der Waals surface area contributed by atoms with Crippen molar-refractivity contribution >= 4 is 19.5 Å². The summed E-state index contributed by atoms with van der Waals surface area (Å²) in [4.78, 5) is 17.6. The Morgan fingerprint density at radius 1 is 1.19 bits per heavy atom. The van der Waals surface area contributed by atoms with E-state index in [4.69, 9.17) is 9.79 Å². The van der Waals surface area contributed by atoms with Crippen LogP contribution in [0.2, 0.25) is 0 Å². The van der Waals surface area contributed by atoms with Gasteiger partial charge in [-0.1, -0.05) is 62.4 Å². The Morgan fingerprint density at radius 2 is 1.89 bits per heavy atom. The summed E-state index contributed by atoms with van der Waals surface area (Å²) >= 11 is 0. The average Bonchev–Trinajstić information content (AvgIpc) is 2.60. The molecule has 2 N–H and O–H groups in total. The number of fused-ring (bicyclic) bond motifs is 1. The second-order valence-electron chi connectivity index (χ2n) is 7.94. The Bertz CT molecular complexity index is 891. The van der Waals surface area contributed by atoms with E-state index in [0.29, 0.717) is 0 Å². The molecule has 1 aliphatic rings. The molecule has 4 nitrogen and oxygen atoms in total. The van der Waals surface area contributed by atoms with E-state index in [0.717, 1.165) is 11.1 Å². The van der Waals surface area contributed by atoms with Crippen LogP contribution in [0.4, 0.5) is 0 Å². The predicted molar refractivity (Wildman–Crippen MR) is 109 cm³/mol. The summed E-state index contributed by atoms with van der Waals surface area (Å²) in [6, 6.07) is 14.3. The Kier molecular flexibility index (Phi) is 5.73. The summed E-state index contributed by atoms with van der Waals surface area (Å²) < 4.78 is 15.3. The van der Waals surface area contributed by atoms with Gasteiger partial charge in [0.15, 0.2) is 0 Å². The number of rotatable bonds is 5. The molecule has 0 heterocycles. The first-order chi connectivity index (χ1) is 12.6. The molecule has 5 heteroatoms. The summed E-state index contributed by atoms with van der Waals surface area (Å²) in [6.07, 6.45) is 5.78. The summed E-state index contributed by atoms with van der Waals surface area (Å²) in [6.45, 7) is 6.66. The van der Waals surface area contributed by atoms with Crippen LogP contribution in [0.3, 0.4) is 0 Å². The molecule has 27 heavy (non-hydrogen) atoms. The Hall–Kier alpha value is -1.71. The quantitative estimate of drug-likeness (QED) is 0.528. The topological polar surface area (TPSA) is 66.8 Å². The first-order valence-corrected chi connectivity index (χ1v) is 10.8. The molecule has 0 amide bonds. The van der Waals surface area contributed by atoms with E-state index in [1.54, 1.807) is 0 Å². The lowest BCUT2D eigenvalue weighted by atomic mass is 9.72. The predicted octanol–water partition coefficient (Wildman–Crippen LogP) is 5.47. The molecule has 2 aromatic rings. The molecule has 0 fully saturated rings. The van der Waals surface area contributed by atoms with Crippen molar-refractivity contribution in [2.45, 2.75) is 52.1 Å². The van der Waals surface area contributed by atoms with Crippen LogP contribution in [0.15, 0.2) is 42.5 Å². The van der Waals surface area contributed by atoms with Crippen LogP contribution in [-0.4, -0.2) is 9.79 Å². The van der Waals surface area contributed by atoms with Gasteiger partial charge in [0.2, 0.25) is 0 Å². The smallest absolute Gasteiger partial charge is 0.303 e.